The Labute approximate surface area is 180 Å². The molecule has 0 aliphatic heterocycles. The predicted molar refractivity (Wildman–Crippen MR) is 130 cm³/mol. The fraction of sp³-hybridized carbons (Fsp3) is 0.250. The summed E-state index contributed by atoms with van der Waals surface area (Å²) in [4.78, 5) is 2.16. The second kappa shape index (κ2) is 7.60. The molecular formula is C28H30N2. The molecule has 0 aromatic heterocycles. The summed E-state index contributed by atoms with van der Waals surface area (Å²) in [5.74, 6) is 0.194. The minimum atomic E-state index is 0.194. The number of nitrogens with zero attached hydrogens (tertiary/aromatic N) is 1. The van der Waals surface area contributed by atoms with Gasteiger partial charge in [-0.05, 0) is 72.7 Å². The Kier molecular flexibility index (Phi) is 5.11. The van der Waals surface area contributed by atoms with Gasteiger partial charge in [-0.15, -0.1) is 0 Å². The highest BCUT2D eigenvalue weighted by Crippen LogP contribution is 2.46. The molecule has 0 amide bonds. The summed E-state index contributed by atoms with van der Waals surface area (Å²) >= 11 is 0. The molecule has 3 aromatic carbocycles. The molecule has 0 spiro atoms. The van der Waals surface area contributed by atoms with Crippen molar-refractivity contribution in [3.63, 3.8) is 0 Å². The van der Waals surface area contributed by atoms with E-state index in [1.807, 2.05) is 0 Å². The Morgan fingerprint density at radius 2 is 1.57 bits per heavy atom. The predicted octanol–water partition coefficient (Wildman–Crippen LogP) is 6.89. The number of benzene rings is 3. The smallest absolute Gasteiger partial charge is 0.0447 e. The number of hydrogen-bond donors (Lipinski definition) is 1. The summed E-state index contributed by atoms with van der Waals surface area (Å²) in [6.07, 6.45) is 3.84. The molecule has 30 heavy (non-hydrogen) atoms. The van der Waals surface area contributed by atoms with Crippen molar-refractivity contribution in [2.24, 2.45) is 0 Å². The van der Waals surface area contributed by atoms with E-state index in [2.05, 4.69) is 101 Å². The van der Waals surface area contributed by atoms with Crippen molar-refractivity contribution in [3.8, 4) is 11.1 Å². The van der Waals surface area contributed by atoms with E-state index in [4.69, 9.17) is 5.41 Å². The van der Waals surface area contributed by atoms with Crippen LogP contribution >= 0.6 is 0 Å². The Hall–Kier alpha value is -3.13. The number of fused-ring (bicyclic) bond motifs is 1. The Morgan fingerprint density at radius 3 is 2.27 bits per heavy atom. The van der Waals surface area contributed by atoms with Gasteiger partial charge in [-0.1, -0.05) is 54.1 Å². The van der Waals surface area contributed by atoms with Gasteiger partial charge in [0.1, 0.15) is 0 Å². The molecule has 0 saturated carbocycles. The van der Waals surface area contributed by atoms with Crippen LogP contribution < -0.4 is 4.90 Å². The van der Waals surface area contributed by atoms with Gasteiger partial charge in [0.25, 0.3) is 0 Å². The van der Waals surface area contributed by atoms with Gasteiger partial charge in [-0.25, -0.2) is 0 Å². The molecule has 0 radical (unpaired) electrons. The van der Waals surface area contributed by atoms with Gasteiger partial charge in [0.15, 0.2) is 0 Å². The van der Waals surface area contributed by atoms with Crippen molar-refractivity contribution in [2.75, 3.05) is 19.0 Å². The number of hydrogen-bond acceptors (Lipinski definition) is 2. The van der Waals surface area contributed by atoms with Gasteiger partial charge in [0.05, 0.1) is 0 Å². The van der Waals surface area contributed by atoms with Crippen molar-refractivity contribution in [2.45, 2.75) is 33.6 Å². The molecule has 0 bridgehead atoms. The van der Waals surface area contributed by atoms with Crippen LogP contribution in [-0.4, -0.2) is 20.3 Å². The number of allylic oxidation sites excluding steroid dienone is 1. The van der Waals surface area contributed by atoms with Crippen molar-refractivity contribution in [3.05, 3.63) is 93.0 Å². The van der Waals surface area contributed by atoms with E-state index in [1.165, 1.54) is 44.5 Å². The molecule has 1 N–H and O–H groups in total. The van der Waals surface area contributed by atoms with Gasteiger partial charge in [-0.2, -0.15) is 0 Å². The van der Waals surface area contributed by atoms with E-state index >= 15 is 0 Å². The summed E-state index contributed by atoms with van der Waals surface area (Å²) < 4.78 is 0. The van der Waals surface area contributed by atoms with Crippen LogP contribution in [-0.2, 0) is 0 Å². The fourth-order valence-corrected chi connectivity index (χ4v) is 4.81. The normalized spacial score (nSPS) is 15.0. The van der Waals surface area contributed by atoms with Gasteiger partial charge in [0.2, 0.25) is 0 Å². The third kappa shape index (κ3) is 3.08. The number of aryl methyl sites for hydroxylation is 1. The van der Waals surface area contributed by atoms with E-state index in [0.29, 0.717) is 0 Å². The lowest BCUT2D eigenvalue weighted by atomic mass is 9.81. The lowest BCUT2D eigenvalue weighted by Gasteiger charge is -2.26. The zero-order valence-corrected chi connectivity index (χ0v) is 18.8. The van der Waals surface area contributed by atoms with E-state index in [-0.39, 0.29) is 5.92 Å². The molecule has 1 atom stereocenters. The van der Waals surface area contributed by atoms with E-state index < -0.39 is 0 Å². The van der Waals surface area contributed by atoms with Crippen LogP contribution in [0.2, 0.25) is 0 Å². The monoisotopic (exact) mass is 394 g/mol. The SMILES string of the molecule is CC1=Cc2ccccc2C1c1ccc(N(C)C)c(-c2ccc(C)c(C)c2C)c1C=N. The molecular weight excluding hydrogens is 364 g/mol. The summed E-state index contributed by atoms with van der Waals surface area (Å²) in [6, 6.07) is 17.5. The maximum Gasteiger partial charge on any atom is 0.0447 e. The minimum Gasteiger partial charge on any atom is -0.377 e. The molecule has 0 saturated heterocycles. The van der Waals surface area contributed by atoms with Gasteiger partial charge < -0.3 is 10.3 Å². The Balaban J connectivity index is 2.04. The molecule has 0 heterocycles. The average molecular weight is 395 g/mol. The second-order valence-corrected chi connectivity index (χ2v) is 8.63. The van der Waals surface area contributed by atoms with Crippen LogP contribution in [0.4, 0.5) is 5.69 Å². The topological polar surface area (TPSA) is 27.1 Å². The highest BCUT2D eigenvalue weighted by atomic mass is 15.1. The lowest BCUT2D eigenvalue weighted by molar-refractivity contribution is 0.972. The van der Waals surface area contributed by atoms with Crippen molar-refractivity contribution >= 4 is 18.0 Å². The van der Waals surface area contributed by atoms with Crippen LogP contribution in [0.25, 0.3) is 17.2 Å². The average Bonchev–Trinajstić information content (AvgIpc) is 3.06. The molecule has 2 nitrogen and oxygen atoms in total. The molecule has 1 aliphatic carbocycles. The first-order chi connectivity index (χ1) is 14.3. The first kappa shape index (κ1) is 20.2. The quantitative estimate of drug-likeness (QED) is 0.479. The molecule has 1 aliphatic rings. The zero-order chi connectivity index (χ0) is 21.6. The van der Waals surface area contributed by atoms with E-state index in [1.54, 1.807) is 6.21 Å². The fourth-order valence-electron chi connectivity index (χ4n) is 4.81. The maximum absolute atomic E-state index is 8.43. The molecule has 2 heteroatoms. The van der Waals surface area contributed by atoms with Crippen LogP contribution in [0.3, 0.4) is 0 Å². The lowest BCUT2D eigenvalue weighted by Crippen LogP contribution is -2.14. The van der Waals surface area contributed by atoms with Gasteiger partial charge in [-0.3, -0.25) is 0 Å². The van der Waals surface area contributed by atoms with Crippen LogP contribution in [0, 0.1) is 26.2 Å². The first-order valence-corrected chi connectivity index (χ1v) is 10.5. The first-order valence-electron chi connectivity index (χ1n) is 10.5. The van der Waals surface area contributed by atoms with Crippen molar-refractivity contribution < 1.29 is 0 Å². The summed E-state index contributed by atoms with van der Waals surface area (Å²) in [5.41, 5.74) is 13.6. The standard InChI is InChI=1S/C28H30N2/c1-17-11-12-22(20(4)19(17)3)28-25(16-29)24(13-14-26(28)30(5)6)27-18(2)15-21-9-7-8-10-23(21)27/h7-16,27,29H,1-6H3. The van der Waals surface area contributed by atoms with E-state index in [0.717, 1.165) is 16.8 Å². The second-order valence-electron chi connectivity index (χ2n) is 8.63. The molecule has 1 unspecified atom stereocenters. The molecule has 0 fully saturated rings. The van der Waals surface area contributed by atoms with E-state index in [9.17, 15) is 0 Å². The minimum absolute atomic E-state index is 0.194. The number of anilines is 1. The third-order valence-corrected chi connectivity index (χ3v) is 6.67. The van der Waals surface area contributed by atoms with Crippen LogP contribution in [0.1, 0.15) is 51.8 Å². The van der Waals surface area contributed by atoms with Crippen LogP contribution in [0.15, 0.2) is 54.1 Å². The zero-order valence-electron chi connectivity index (χ0n) is 18.8. The van der Waals surface area contributed by atoms with Crippen molar-refractivity contribution in [1.29, 1.82) is 5.41 Å². The Morgan fingerprint density at radius 1 is 0.833 bits per heavy atom. The third-order valence-electron chi connectivity index (χ3n) is 6.67. The van der Waals surface area contributed by atoms with Gasteiger partial charge >= 0.3 is 0 Å². The van der Waals surface area contributed by atoms with Crippen LogP contribution in [0.5, 0.6) is 0 Å². The Bertz CT molecular complexity index is 1180. The molecule has 4 rings (SSSR count). The highest BCUT2D eigenvalue weighted by molar-refractivity contribution is 5.98. The number of nitrogens with one attached hydrogen (secondary N) is 1. The summed E-state index contributed by atoms with van der Waals surface area (Å²) in [7, 11) is 4.16. The van der Waals surface area contributed by atoms with Gasteiger partial charge in [0, 0.05) is 43.0 Å². The highest BCUT2D eigenvalue weighted by Gasteiger charge is 2.28. The maximum atomic E-state index is 8.43. The summed E-state index contributed by atoms with van der Waals surface area (Å²) in [6.45, 7) is 8.76. The van der Waals surface area contributed by atoms with Crippen molar-refractivity contribution in [1.82, 2.24) is 0 Å². The largest absolute Gasteiger partial charge is 0.377 e. The molecule has 3 aromatic rings. The number of rotatable bonds is 4. The molecule has 152 valence electrons. The summed E-state index contributed by atoms with van der Waals surface area (Å²) in [5, 5.41) is 8.43.